The Morgan fingerprint density at radius 2 is 1.82 bits per heavy atom. The molecule has 0 spiro atoms. The van der Waals surface area contributed by atoms with Crippen molar-refractivity contribution in [2.45, 2.75) is 64.5 Å². The van der Waals surface area contributed by atoms with Crippen LogP contribution in [-0.2, 0) is 11.3 Å². The largest absolute Gasteiger partial charge is 0.342 e. The number of piperidine rings is 2. The van der Waals surface area contributed by atoms with Crippen molar-refractivity contribution in [3.8, 4) is 0 Å². The Hall–Kier alpha value is -1.40. The lowest BCUT2D eigenvalue weighted by Crippen LogP contribution is -2.51. The van der Waals surface area contributed by atoms with Crippen molar-refractivity contribution < 1.29 is 4.79 Å². The summed E-state index contributed by atoms with van der Waals surface area (Å²) in [5.74, 6) is 1.81. The lowest BCUT2D eigenvalue weighted by Gasteiger charge is -2.42. The van der Waals surface area contributed by atoms with Crippen LogP contribution in [-0.4, -0.2) is 82.0 Å². The van der Waals surface area contributed by atoms with Crippen molar-refractivity contribution in [2.75, 3.05) is 45.8 Å². The number of hydrogen-bond acceptors (Lipinski definition) is 4. The van der Waals surface area contributed by atoms with Gasteiger partial charge in [-0.1, -0.05) is 0 Å². The summed E-state index contributed by atoms with van der Waals surface area (Å²) in [5.41, 5.74) is 0. The summed E-state index contributed by atoms with van der Waals surface area (Å²) in [6.45, 7) is 10.9. The molecule has 6 nitrogen and oxygen atoms in total. The summed E-state index contributed by atoms with van der Waals surface area (Å²) in [6, 6.07) is 0.682. The first-order valence-electron chi connectivity index (χ1n) is 11.4. The molecule has 3 aliphatic rings. The van der Waals surface area contributed by atoms with Gasteiger partial charge in [0.1, 0.15) is 5.82 Å². The Balaban J connectivity index is 1.19. The number of aromatic nitrogens is 2. The molecular weight excluding hydrogens is 350 g/mol. The van der Waals surface area contributed by atoms with Crippen LogP contribution in [0, 0.1) is 12.8 Å². The van der Waals surface area contributed by atoms with Crippen LogP contribution < -0.4 is 0 Å². The van der Waals surface area contributed by atoms with E-state index in [4.69, 9.17) is 0 Å². The zero-order chi connectivity index (χ0) is 19.3. The first kappa shape index (κ1) is 19.9. The highest BCUT2D eigenvalue weighted by atomic mass is 16.2. The fourth-order valence-electron chi connectivity index (χ4n) is 5.35. The van der Waals surface area contributed by atoms with E-state index in [0.717, 1.165) is 38.4 Å². The maximum atomic E-state index is 12.8. The first-order valence-corrected chi connectivity index (χ1v) is 11.4. The van der Waals surface area contributed by atoms with Crippen molar-refractivity contribution in [2.24, 2.45) is 5.92 Å². The normalized spacial score (nSPS) is 25.5. The molecule has 0 radical (unpaired) electrons. The molecule has 1 aromatic rings. The van der Waals surface area contributed by atoms with Gasteiger partial charge in [-0.15, -0.1) is 0 Å². The van der Waals surface area contributed by atoms with E-state index in [2.05, 4.69) is 37.4 Å². The van der Waals surface area contributed by atoms with Crippen LogP contribution in [0.5, 0.6) is 0 Å². The zero-order valence-electron chi connectivity index (χ0n) is 17.6. The molecular formula is C22H37N5O. The number of hydrogen-bond donors (Lipinski definition) is 0. The minimum absolute atomic E-state index is 0.253. The van der Waals surface area contributed by atoms with Gasteiger partial charge in [0.2, 0.25) is 5.91 Å². The van der Waals surface area contributed by atoms with E-state index in [9.17, 15) is 4.79 Å². The average molecular weight is 388 g/mol. The first-order chi connectivity index (χ1) is 13.7. The molecule has 3 saturated heterocycles. The van der Waals surface area contributed by atoms with Gasteiger partial charge in [-0.05, 0) is 78.0 Å². The van der Waals surface area contributed by atoms with E-state index in [-0.39, 0.29) is 5.92 Å². The van der Waals surface area contributed by atoms with Gasteiger partial charge in [-0.25, -0.2) is 4.98 Å². The highest BCUT2D eigenvalue weighted by Crippen LogP contribution is 2.26. The molecule has 1 aromatic heterocycles. The third-order valence-electron chi connectivity index (χ3n) is 7.09. The smallest absolute Gasteiger partial charge is 0.226 e. The van der Waals surface area contributed by atoms with E-state index in [1.165, 1.54) is 64.7 Å². The monoisotopic (exact) mass is 387 g/mol. The predicted octanol–water partition coefficient (Wildman–Crippen LogP) is 2.38. The fraction of sp³-hybridized carbons (Fsp3) is 0.818. The number of likely N-dealkylation sites (tertiary alicyclic amines) is 3. The SMILES string of the molecule is Cc1nccn1CCCN1CCC(N2CCCC(C(=O)N3CCCC3)C2)CC1. The Kier molecular flexibility index (Phi) is 6.68. The maximum absolute atomic E-state index is 12.8. The molecule has 4 heterocycles. The lowest BCUT2D eigenvalue weighted by atomic mass is 9.93. The minimum Gasteiger partial charge on any atom is -0.342 e. The van der Waals surface area contributed by atoms with Gasteiger partial charge in [0, 0.05) is 44.6 Å². The topological polar surface area (TPSA) is 44.6 Å². The van der Waals surface area contributed by atoms with Crippen LogP contribution in [0.4, 0.5) is 0 Å². The van der Waals surface area contributed by atoms with Crippen LogP contribution in [0.1, 0.15) is 50.8 Å². The van der Waals surface area contributed by atoms with Crippen molar-refractivity contribution in [1.82, 2.24) is 24.3 Å². The van der Waals surface area contributed by atoms with E-state index in [0.29, 0.717) is 11.9 Å². The second kappa shape index (κ2) is 9.40. The predicted molar refractivity (Wildman–Crippen MR) is 111 cm³/mol. The number of carbonyl (C=O) groups is 1. The molecule has 4 rings (SSSR count). The molecule has 0 aromatic carbocycles. The molecule has 3 aliphatic heterocycles. The van der Waals surface area contributed by atoms with E-state index < -0.39 is 0 Å². The number of rotatable bonds is 6. The molecule has 3 fully saturated rings. The fourth-order valence-corrected chi connectivity index (χ4v) is 5.35. The van der Waals surface area contributed by atoms with Crippen molar-refractivity contribution in [1.29, 1.82) is 0 Å². The zero-order valence-corrected chi connectivity index (χ0v) is 17.6. The molecule has 0 saturated carbocycles. The molecule has 0 N–H and O–H groups in total. The van der Waals surface area contributed by atoms with E-state index >= 15 is 0 Å². The van der Waals surface area contributed by atoms with Crippen LogP contribution in [0.25, 0.3) is 0 Å². The molecule has 1 unspecified atom stereocenters. The minimum atomic E-state index is 0.253. The highest BCUT2D eigenvalue weighted by molar-refractivity contribution is 5.79. The molecule has 0 bridgehead atoms. The van der Waals surface area contributed by atoms with Crippen LogP contribution >= 0.6 is 0 Å². The number of carbonyl (C=O) groups excluding carboxylic acids is 1. The molecule has 6 heteroatoms. The second-order valence-corrected chi connectivity index (χ2v) is 8.96. The quantitative estimate of drug-likeness (QED) is 0.752. The summed E-state index contributed by atoms with van der Waals surface area (Å²) in [4.78, 5) is 24.5. The van der Waals surface area contributed by atoms with Gasteiger partial charge in [0.05, 0.1) is 5.92 Å². The van der Waals surface area contributed by atoms with Crippen molar-refractivity contribution in [3.63, 3.8) is 0 Å². The molecule has 1 atom stereocenters. The van der Waals surface area contributed by atoms with Crippen LogP contribution in [0.2, 0.25) is 0 Å². The van der Waals surface area contributed by atoms with Crippen LogP contribution in [0.15, 0.2) is 12.4 Å². The summed E-state index contributed by atoms with van der Waals surface area (Å²) in [7, 11) is 0. The summed E-state index contributed by atoms with van der Waals surface area (Å²) in [5, 5.41) is 0. The number of nitrogens with zero attached hydrogens (tertiary/aromatic N) is 5. The molecule has 1 amide bonds. The van der Waals surface area contributed by atoms with Gasteiger partial charge in [-0.3, -0.25) is 9.69 Å². The van der Waals surface area contributed by atoms with Gasteiger partial charge < -0.3 is 14.4 Å². The van der Waals surface area contributed by atoms with Gasteiger partial charge in [-0.2, -0.15) is 0 Å². The molecule has 156 valence electrons. The van der Waals surface area contributed by atoms with Crippen molar-refractivity contribution >= 4 is 5.91 Å². The Morgan fingerprint density at radius 3 is 2.54 bits per heavy atom. The van der Waals surface area contributed by atoms with Gasteiger partial charge in [0.25, 0.3) is 0 Å². The number of amides is 1. The molecule has 0 aliphatic carbocycles. The third kappa shape index (κ3) is 4.77. The third-order valence-corrected chi connectivity index (χ3v) is 7.09. The van der Waals surface area contributed by atoms with E-state index in [1.807, 2.05) is 6.20 Å². The number of aryl methyl sites for hydroxylation is 2. The van der Waals surface area contributed by atoms with Crippen LogP contribution in [0.3, 0.4) is 0 Å². The maximum Gasteiger partial charge on any atom is 0.226 e. The highest BCUT2D eigenvalue weighted by Gasteiger charge is 2.34. The summed E-state index contributed by atoms with van der Waals surface area (Å²) < 4.78 is 2.25. The Morgan fingerprint density at radius 1 is 1.04 bits per heavy atom. The van der Waals surface area contributed by atoms with E-state index in [1.54, 1.807) is 0 Å². The Labute approximate surface area is 169 Å². The second-order valence-electron chi connectivity index (χ2n) is 8.96. The summed E-state index contributed by atoms with van der Waals surface area (Å²) in [6.07, 6.45) is 12.4. The number of imidazole rings is 1. The van der Waals surface area contributed by atoms with Gasteiger partial charge >= 0.3 is 0 Å². The molecule has 28 heavy (non-hydrogen) atoms. The standard InChI is InChI=1S/C22H37N5O/c1-19-23-9-17-25(19)14-5-10-24-15-7-21(8-16-24)27-13-4-6-20(18-27)22(28)26-11-2-3-12-26/h9,17,20-21H,2-8,10-16,18H2,1H3. The summed E-state index contributed by atoms with van der Waals surface area (Å²) >= 11 is 0. The Bertz CT molecular complexity index is 631. The van der Waals surface area contributed by atoms with Gasteiger partial charge in [0.15, 0.2) is 0 Å². The van der Waals surface area contributed by atoms with Crippen molar-refractivity contribution in [3.05, 3.63) is 18.2 Å². The lowest BCUT2D eigenvalue weighted by molar-refractivity contribution is -0.136. The average Bonchev–Trinajstić information content (AvgIpc) is 3.40.